The molecule has 3 aromatic rings. The normalized spacial score (nSPS) is 14.5. The molecule has 0 atom stereocenters. The van der Waals surface area contributed by atoms with Gasteiger partial charge in [-0.3, -0.25) is 4.40 Å². The van der Waals surface area contributed by atoms with Gasteiger partial charge in [-0.25, -0.2) is 9.78 Å². The fraction of sp³-hybridized carbons (Fsp3) is 0.333. The summed E-state index contributed by atoms with van der Waals surface area (Å²) in [5.41, 5.74) is 1.84. The molecule has 1 aliphatic rings. The van der Waals surface area contributed by atoms with Crippen molar-refractivity contribution in [3.63, 3.8) is 0 Å². The number of fused-ring (bicyclic) bond motifs is 1. The summed E-state index contributed by atoms with van der Waals surface area (Å²) in [5, 5.41) is 0. The minimum Gasteiger partial charge on any atom is -0.486 e. The number of nitrogens with zero attached hydrogens (tertiary/aromatic N) is 2. The van der Waals surface area contributed by atoms with E-state index in [0.717, 1.165) is 25.7 Å². The molecule has 1 aromatic carbocycles. The Kier molecular flexibility index (Phi) is 6.68. The van der Waals surface area contributed by atoms with Crippen LogP contribution in [0.15, 0.2) is 42.6 Å². The first kappa shape index (κ1) is 21.8. The number of pyridine rings is 1. The third kappa shape index (κ3) is 4.74. The summed E-state index contributed by atoms with van der Waals surface area (Å²) >= 11 is 0. The number of hydrogen-bond acceptors (Lipinski definition) is 5. The monoisotopic (exact) mass is 442 g/mol. The molecule has 168 valence electrons. The number of carbonyl (C=O) groups is 1. The Balaban J connectivity index is 1.73. The van der Waals surface area contributed by atoms with E-state index >= 15 is 0 Å². The number of alkyl halides is 2. The number of halogens is 2. The van der Waals surface area contributed by atoms with Crippen LogP contribution in [0.25, 0.3) is 17.8 Å². The highest BCUT2D eigenvalue weighted by molar-refractivity contribution is 5.94. The van der Waals surface area contributed by atoms with Crippen molar-refractivity contribution in [3.8, 4) is 11.5 Å². The lowest BCUT2D eigenvalue weighted by Crippen LogP contribution is -2.13. The van der Waals surface area contributed by atoms with Gasteiger partial charge in [0.2, 0.25) is 0 Å². The lowest BCUT2D eigenvalue weighted by atomic mass is 10.1. The van der Waals surface area contributed by atoms with Crippen molar-refractivity contribution in [2.45, 2.75) is 45.3 Å². The molecular formula is C24H24F2N2O4. The van der Waals surface area contributed by atoms with Gasteiger partial charge in [0.25, 0.3) is 0 Å². The third-order valence-corrected chi connectivity index (χ3v) is 5.26. The molecule has 0 aliphatic heterocycles. The summed E-state index contributed by atoms with van der Waals surface area (Å²) in [7, 11) is 0. The quantitative estimate of drug-likeness (QED) is 0.425. The van der Waals surface area contributed by atoms with Crippen LogP contribution in [0, 0.1) is 0 Å². The van der Waals surface area contributed by atoms with Gasteiger partial charge in [-0.1, -0.05) is 18.2 Å². The van der Waals surface area contributed by atoms with Crippen LogP contribution in [-0.4, -0.2) is 34.7 Å². The smallest absolute Gasteiger partial charge is 0.387 e. The van der Waals surface area contributed by atoms with Crippen LogP contribution in [0.5, 0.6) is 11.5 Å². The zero-order chi connectivity index (χ0) is 22.5. The van der Waals surface area contributed by atoms with E-state index in [0.29, 0.717) is 16.9 Å². The minimum atomic E-state index is -2.96. The van der Waals surface area contributed by atoms with Gasteiger partial charge in [-0.2, -0.15) is 8.78 Å². The van der Waals surface area contributed by atoms with E-state index in [1.165, 1.54) is 6.07 Å². The fourth-order valence-electron chi connectivity index (χ4n) is 3.85. The fourth-order valence-corrected chi connectivity index (χ4v) is 3.85. The van der Waals surface area contributed by atoms with E-state index in [1.54, 1.807) is 53.9 Å². The average Bonchev–Trinajstić information content (AvgIpc) is 3.41. The van der Waals surface area contributed by atoms with Gasteiger partial charge in [-0.15, -0.1) is 0 Å². The van der Waals surface area contributed by atoms with Gasteiger partial charge >= 0.3 is 12.6 Å². The van der Waals surface area contributed by atoms with Gasteiger partial charge in [0, 0.05) is 11.8 Å². The number of carbonyl (C=O) groups excluding carboxylic acids is 1. The van der Waals surface area contributed by atoms with Crippen molar-refractivity contribution in [1.29, 1.82) is 0 Å². The van der Waals surface area contributed by atoms with E-state index in [-0.39, 0.29) is 29.9 Å². The summed E-state index contributed by atoms with van der Waals surface area (Å²) < 4.78 is 43.6. The largest absolute Gasteiger partial charge is 0.486 e. The maximum Gasteiger partial charge on any atom is 0.387 e. The van der Waals surface area contributed by atoms with E-state index in [2.05, 4.69) is 4.98 Å². The molecule has 0 saturated heterocycles. The van der Waals surface area contributed by atoms with Gasteiger partial charge in [0.1, 0.15) is 5.65 Å². The summed E-state index contributed by atoms with van der Waals surface area (Å²) in [6.45, 7) is -0.999. The molecule has 0 unspecified atom stereocenters. The second-order valence-corrected chi connectivity index (χ2v) is 7.41. The Morgan fingerprint density at radius 3 is 2.75 bits per heavy atom. The van der Waals surface area contributed by atoms with E-state index in [4.69, 9.17) is 14.2 Å². The van der Waals surface area contributed by atoms with Crippen LogP contribution in [0.3, 0.4) is 0 Å². The first-order valence-corrected chi connectivity index (χ1v) is 10.6. The van der Waals surface area contributed by atoms with Crippen LogP contribution in [0.2, 0.25) is 0 Å². The molecule has 1 fully saturated rings. The van der Waals surface area contributed by atoms with Crippen molar-refractivity contribution in [2.75, 3.05) is 6.61 Å². The first-order chi connectivity index (χ1) is 15.6. The van der Waals surface area contributed by atoms with E-state index in [1.807, 2.05) is 6.07 Å². The van der Waals surface area contributed by atoms with Crippen molar-refractivity contribution in [3.05, 3.63) is 59.5 Å². The number of hydrogen-bond donors (Lipinski definition) is 0. The molecule has 6 nitrogen and oxygen atoms in total. The van der Waals surface area contributed by atoms with Crippen molar-refractivity contribution >= 4 is 23.8 Å². The second-order valence-electron chi connectivity index (χ2n) is 7.41. The van der Waals surface area contributed by atoms with Crippen molar-refractivity contribution in [2.24, 2.45) is 0 Å². The molecule has 1 aliphatic carbocycles. The molecule has 2 heterocycles. The summed E-state index contributed by atoms with van der Waals surface area (Å²) in [4.78, 5) is 17.1. The SMILES string of the molecule is CCOC(=O)c1c(C=Cc2cccc(OC(F)F)c2OC2CCCC2)nc2ccccn12. The number of esters is 1. The molecule has 2 aromatic heterocycles. The average molecular weight is 442 g/mol. The molecular weight excluding hydrogens is 418 g/mol. The molecule has 0 amide bonds. The standard InChI is InChI=1S/C24H24F2N2O4/c1-2-30-23(29)21-18(27-20-12-5-6-15-28(20)21)14-13-16-8-7-11-19(32-24(25)26)22(16)31-17-9-3-4-10-17/h5-8,11-15,17,24H,2-4,9-10H2,1H3. The van der Waals surface area contributed by atoms with Crippen LogP contribution in [-0.2, 0) is 4.74 Å². The number of aromatic nitrogens is 2. The predicted molar refractivity (Wildman–Crippen MR) is 116 cm³/mol. The number of benzene rings is 1. The molecule has 0 radical (unpaired) electrons. The lowest BCUT2D eigenvalue weighted by molar-refractivity contribution is -0.0520. The summed E-state index contributed by atoms with van der Waals surface area (Å²) in [6, 6.07) is 10.2. The van der Waals surface area contributed by atoms with Gasteiger partial charge in [-0.05, 0) is 63.0 Å². The van der Waals surface area contributed by atoms with Crippen LogP contribution >= 0.6 is 0 Å². The molecule has 0 N–H and O–H groups in total. The molecule has 1 saturated carbocycles. The van der Waals surface area contributed by atoms with Gasteiger partial charge in [0.05, 0.1) is 18.4 Å². The third-order valence-electron chi connectivity index (χ3n) is 5.26. The molecule has 32 heavy (non-hydrogen) atoms. The number of para-hydroxylation sites is 1. The summed E-state index contributed by atoms with van der Waals surface area (Å²) in [5.74, 6) is -0.255. The van der Waals surface area contributed by atoms with Crippen molar-refractivity contribution in [1.82, 2.24) is 9.38 Å². The maximum absolute atomic E-state index is 13.0. The Hall–Kier alpha value is -3.42. The molecule has 0 bridgehead atoms. The van der Waals surface area contributed by atoms with Crippen molar-refractivity contribution < 1.29 is 27.8 Å². The highest BCUT2D eigenvalue weighted by atomic mass is 19.3. The van der Waals surface area contributed by atoms with Crippen LogP contribution in [0.4, 0.5) is 8.78 Å². The van der Waals surface area contributed by atoms with E-state index in [9.17, 15) is 13.6 Å². The minimum absolute atomic E-state index is 0.0188. The van der Waals surface area contributed by atoms with Crippen LogP contribution < -0.4 is 9.47 Å². The zero-order valence-electron chi connectivity index (χ0n) is 17.7. The number of rotatable bonds is 8. The predicted octanol–water partition coefficient (Wildman–Crippen LogP) is 5.60. The van der Waals surface area contributed by atoms with Gasteiger partial charge < -0.3 is 14.2 Å². The van der Waals surface area contributed by atoms with E-state index < -0.39 is 12.6 Å². The highest BCUT2D eigenvalue weighted by Crippen LogP contribution is 2.37. The number of ether oxygens (including phenoxy) is 3. The topological polar surface area (TPSA) is 62.1 Å². The Bertz CT molecular complexity index is 1120. The zero-order valence-corrected chi connectivity index (χ0v) is 17.7. The molecule has 8 heteroatoms. The highest BCUT2D eigenvalue weighted by Gasteiger charge is 2.22. The first-order valence-electron chi connectivity index (χ1n) is 10.6. The lowest BCUT2D eigenvalue weighted by Gasteiger charge is -2.18. The van der Waals surface area contributed by atoms with Crippen LogP contribution in [0.1, 0.15) is 54.4 Å². The number of imidazole rings is 1. The summed E-state index contributed by atoms with van der Waals surface area (Å²) in [6.07, 6.45) is 8.84. The van der Waals surface area contributed by atoms with Gasteiger partial charge in [0.15, 0.2) is 17.2 Å². The maximum atomic E-state index is 13.0. The Labute approximate surface area is 184 Å². The molecule has 4 rings (SSSR count). The Morgan fingerprint density at radius 1 is 1.19 bits per heavy atom. The Morgan fingerprint density at radius 2 is 2.00 bits per heavy atom. The molecule has 0 spiro atoms. The second kappa shape index (κ2) is 9.80.